The predicted octanol–water partition coefficient (Wildman–Crippen LogP) is 10.6. The third kappa shape index (κ3) is 38.2. The predicted molar refractivity (Wildman–Crippen MR) is 389 cm³/mol. The highest BCUT2D eigenvalue weighted by Gasteiger charge is 2.60. The van der Waals surface area contributed by atoms with Gasteiger partial charge in [-0.2, -0.15) is 0 Å². The molecule has 3 rings (SSSR count). The zero-order valence-corrected chi connectivity index (χ0v) is 62.8. The lowest BCUT2D eigenvalue weighted by Gasteiger charge is -2.50. The molecule has 0 saturated carbocycles. The molecular weight excluding hydrogens is 1300 g/mol. The number of aliphatic hydroxyl groups excluding tert-OH is 11. The van der Waals surface area contributed by atoms with Crippen LogP contribution in [-0.4, -0.2) is 215 Å². The van der Waals surface area contributed by atoms with Crippen LogP contribution in [0.25, 0.3) is 0 Å². The number of hydrogen-bond donors (Lipinski definition) is 14. The van der Waals surface area contributed by atoms with Crippen LogP contribution in [-0.2, 0) is 42.8 Å². The van der Waals surface area contributed by atoms with E-state index in [0.717, 1.165) is 51.9 Å². The Morgan fingerprint density at radius 3 is 1.32 bits per heavy atom. The summed E-state index contributed by atoms with van der Waals surface area (Å²) >= 11 is 0. The molecule has 3 saturated heterocycles. The highest BCUT2D eigenvalue weighted by atomic mass is 16.8. The highest BCUT2D eigenvalue weighted by Crippen LogP contribution is 2.39. The molecule has 18 atom stereocenters. The zero-order valence-electron chi connectivity index (χ0n) is 62.8. The standard InChI is InChI=1S/C78H146N2O21/c1-4-6-8-10-12-14-16-18-20-22-24-26-28-30-32-34-36-38-40-42-44-46-48-50-52-65(88)80-59(60(85)51-49-47-45-43-41-39-37-35-33-31-29-27-25-23-21-19-17-15-13-11-9-7-5-2)57-96-75-70(92)69(91)72(64(56-83)98-75)99-76-71(93)74(68(90)63(55-82)97-76)101-78(77(94)95)53-61(86)66(79-58(3)84)73(100-78)67(89)62(87)54-81/h49,51,59-64,66-76,81-83,85-87,89-93H,4-48,50,52-57H2,1-3H3,(H,79,84)(H,80,88)(H,94,95)/b51-49+. The highest BCUT2D eigenvalue weighted by molar-refractivity contribution is 5.77. The van der Waals surface area contributed by atoms with Crippen molar-refractivity contribution in [2.75, 3.05) is 26.4 Å². The lowest BCUT2D eigenvalue weighted by molar-refractivity contribution is -0.386. The molecule has 23 heteroatoms. The molecule has 3 aliphatic rings. The average molecular weight is 1450 g/mol. The Bertz CT molecular complexity index is 2070. The molecule has 14 N–H and O–H groups in total. The van der Waals surface area contributed by atoms with Gasteiger partial charge in [0.15, 0.2) is 12.6 Å². The van der Waals surface area contributed by atoms with Gasteiger partial charge in [-0.3, -0.25) is 9.59 Å². The van der Waals surface area contributed by atoms with Gasteiger partial charge >= 0.3 is 5.97 Å². The van der Waals surface area contributed by atoms with Crippen molar-refractivity contribution in [2.24, 2.45) is 0 Å². The van der Waals surface area contributed by atoms with Gasteiger partial charge in [0.25, 0.3) is 5.79 Å². The van der Waals surface area contributed by atoms with E-state index >= 15 is 0 Å². The van der Waals surface area contributed by atoms with Crippen molar-refractivity contribution in [1.82, 2.24) is 10.6 Å². The number of rotatable bonds is 64. The van der Waals surface area contributed by atoms with Crippen LogP contribution >= 0.6 is 0 Å². The van der Waals surface area contributed by atoms with E-state index in [-0.39, 0.29) is 12.3 Å². The molecule has 0 aromatic heterocycles. The van der Waals surface area contributed by atoms with E-state index in [4.69, 9.17) is 28.4 Å². The van der Waals surface area contributed by atoms with Crippen molar-refractivity contribution >= 4 is 17.8 Å². The fraction of sp³-hybridized carbons (Fsp3) is 0.936. The van der Waals surface area contributed by atoms with Crippen LogP contribution in [0.3, 0.4) is 0 Å². The van der Waals surface area contributed by atoms with E-state index in [9.17, 15) is 75.7 Å². The molecule has 594 valence electrons. The van der Waals surface area contributed by atoms with Crippen LogP contribution in [0.4, 0.5) is 0 Å². The summed E-state index contributed by atoms with van der Waals surface area (Å²) in [5.41, 5.74) is 0. The molecule has 101 heavy (non-hydrogen) atoms. The Morgan fingerprint density at radius 2 is 0.921 bits per heavy atom. The monoisotopic (exact) mass is 1450 g/mol. The molecular formula is C78H146N2O21. The van der Waals surface area contributed by atoms with E-state index in [2.05, 4.69) is 24.5 Å². The maximum Gasteiger partial charge on any atom is 0.364 e. The molecule has 3 aliphatic heterocycles. The normalized spacial score (nSPS) is 26.8. The van der Waals surface area contributed by atoms with Crippen LogP contribution in [0.1, 0.15) is 329 Å². The first-order valence-electron chi connectivity index (χ1n) is 40.6. The third-order valence-electron chi connectivity index (χ3n) is 20.7. The smallest absolute Gasteiger partial charge is 0.364 e. The number of hydrogen-bond acceptors (Lipinski definition) is 20. The molecule has 2 amide bonds. The first kappa shape index (κ1) is 92.7. The number of aliphatic hydroxyl groups is 11. The van der Waals surface area contributed by atoms with Gasteiger partial charge in [-0.05, 0) is 19.3 Å². The molecule has 0 bridgehead atoms. The van der Waals surface area contributed by atoms with Crippen molar-refractivity contribution in [3.63, 3.8) is 0 Å². The minimum Gasteiger partial charge on any atom is -0.477 e. The molecule has 23 nitrogen and oxygen atoms in total. The van der Waals surface area contributed by atoms with Crippen molar-refractivity contribution < 1.29 is 104 Å². The molecule has 0 spiro atoms. The zero-order chi connectivity index (χ0) is 73.9. The second kappa shape index (κ2) is 57.6. The van der Waals surface area contributed by atoms with Crippen LogP contribution < -0.4 is 10.6 Å². The first-order chi connectivity index (χ1) is 48.9. The second-order valence-electron chi connectivity index (χ2n) is 29.6. The van der Waals surface area contributed by atoms with Crippen molar-refractivity contribution in [1.29, 1.82) is 0 Å². The molecule has 0 radical (unpaired) electrons. The largest absolute Gasteiger partial charge is 0.477 e. The summed E-state index contributed by atoms with van der Waals surface area (Å²) in [6.45, 7) is 2.20. The number of carboxylic acid groups (broad SMARTS) is 1. The summed E-state index contributed by atoms with van der Waals surface area (Å²) < 4.78 is 34.9. The number of carbonyl (C=O) groups is 3. The number of allylic oxidation sites excluding steroid dienone is 1. The SMILES string of the molecule is CCCCCCCCCCCCCCCCCCCCCCC/C=C/C(O)C(COC1OC(CO)C(OC2OC(CO)C(O)C(OC3(C(=O)O)CC(O)C(NC(C)=O)C(C(O)C(O)CO)O3)C2O)C(O)C1O)NC(=O)CCCCCCCCCCCCCCCCCCCCCCCCCC. The van der Waals surface area contributed by atoms with Crippen LogP contribution in [0.2, 0.25) is 0 Å². The molecule has 18 unspecified atom stereocenters. The van der Waals surface area contributed by atoms with Gasteiger partial charge in [0, 0.05) is 19.8 Å². The van der Waals surface area contributed by atoms with Gasteiger partial charge in [-0.1, -0.05) is 302 Å². The van der Waals surface area contributed by atoms with Gasteiger partial charge in [0.1, 0.15) is 67.1 Å². The van der Waals surface area contributed by atoms with E-state index in [1.165, 1.54) is 238 Å². The summed E-state index contributed by atoms with van der Waals surface area (Å²) in [6.07, 6.45) is 32.4. The van der Waals surface area contributed by atoms with E-state index in [1.807, 2.05) is 6.08 Å². The van der Waals surface area contributed by atoms with E-state index in [0.29, 0.717) is 12.8 Å². The molecule has 3 heterocycles. The van der Waals surface area contributed by atoms with Crippen molar-refractivity contribution in [3.8, 4) is 0 Å². The third-order valence-corrected chi connectivity index (χ3v) is 20.7. The van der Waals surface area contributed by atoms with E-state index in [1.54, 1.807) is 6.08 Å². The Balaban J connectivity index is 1.53. The Hall–Kier alpha value is -2.53. The molecule has 0 aromatic rings. The number of amides is 2. The van der Waals surface area contributed by atoms with Gasteiger partial charge in [0.05, 0.1) is 50.7 Å². The number of unbranched alkanes of at least 4 members (excludes halogenated alkanes) is 44. The second-order valence-corrected chi connectivity index (χ2v) is 29.6. The quantitative estimate of drug-likeness (QED) is 0.0199. The fourth-order valence-corrected chi connectivity index (χ4v) is 14.3. The fourth-order valence-electron chi connectivity index (χ4n) is 14.3. The summed E-state index contributed by atoms with van der Waals surface area (Å²) in [6, 6.07) is -2.62. The van der Waals surface area contributed by atoms with Gasteiger partial charge in [-0.25, -0.2) is 4.79 Å². The van der Waals surface area contributed by atoms with Crippen LogP contribution in [0.5, 0.6) is 0 Å². The Kier molecular flexibility index (Phi) is 52.9. The lowest BCUT2D eigenvalue weighted by atomic mass is 9.88. The van der Waals surface area contributed by atoms with Crippen molar-refractivity contribution in [3.05, 3.63) is 12.2 Å². The summed E-state index contributed by atoms with van der Waals surface area (Å²) in [5, 5.41) is 136. The molecule has 0 aliphatic carbocycles. The number of carbonyl (C=O) groups excluding carboxylic acids is 2. The van der Waals surface area contributed by atoms with E-state index < -0.39 is 155 Å². The lowest BCUT2D eigenvalue weighted by Crippen LogP contribution is -2.70. The maximum absolute atomic E-state index is 13.5. The number of ether oxygens (including phenoxy) is 6. The van der Waals surface area contributed by atoms with Crippen molar-refractivity contribution in [2.45, 2.75) is 439 Å². The summed E-state index contributed by atoms with van der Waals surface area (Å²) in [4.78, 5) is 38.7. The molecule has 0 aromatic carbocycles. The summed E-state index contributed by atoms with van der Waals surface area (Å²) in [7, 11) is 0. The van der Waals surface area contributed by atoms with Crippen LogP contribution in [0.15, 0.2) is 12.2 Å². The maximum atomic E-state index is 13.5. The van der Waals surface area contributed by atoms with Gasteiger partial charge < -0.3 is 100 Å². The topological polar surface area (TPSA) is 373 Å². The minimum atomic E-state index is -3.08. The Morgan fingerprint density at radius 1 is 0.515 bits per heavy atom. The van der Waals surface area contributed by atoms with Crippen LogP contribution in [0, 0.1) is 0 Å². The number of aliphatic carboxylic acids is 1. The van der Waals surface area contributed by atoms with Gasteiger partial charge in [-0.15, -0.1) is 0 Å². The average Bonchev–Trinajstić information content (AvgIpc) is 0.756. The minimum absolute atomic E-state index is 0.206. The Labute approximate surface area is 607 Å². The molecule has 3 fully saturated rings. The summed E-state index contributed by atoms with van der Waals surface area (Å²) in [5.74, 6) is -6.13. The van der Waals surface area contributed by atoms with Gasteiger partial charge in [0.2, 0.25) is 11.8 Å². The number of nitrogens with one attached hydrogen (secondary N) is 2. The number of carboxylic acids is 1. The first-order valence-corrected chi connectivity index (χ1v) is 40.6.